The second-order valence-corrected chi connectivity index (χ2v) is 14.9. The SMILES string of the molecule is CC(C=C=C1C(C)(C)CC(O)CC1(C)O)=CC=CC(C)=CC=CC=C(C)C=CC=C(C)C=CC1(O)C(C)(C)CC(O)CC1(C)O. The molecule has 5 heteroatoms. The maximum Gasteiger partial charge on any atom is 0.117 e. The van der Waals surface area contributed by atoms with Crippen LogP contribution in [0.3, 0.4) is 0 Å². The van der Waals surface area contributed by atoms with Crippen molar-refractivity contribution in [3.05, 3.63) is 113 Å². The highest BCUT2D eigenvalue weighted by Crippen LogP contribution is 2.50. The highest BCUT2D eigenvalue weighted by Gasteiger charge is 2.58. The summed E-state index contributed by atoms with van der Waals surface area (Å²) in [5.74, 6) is 0. The molecular weight excluding hydrogens is 560 g/mol. The van der Waals surface area contributed by atoms with Crippen LogP contribution in [0.25, 0.3) is 0 Å². The molecule has 0 aromatic carbocycles. The highest BCUT2D eigenvalue weighted by atomic mass is 16.4. The Morgan fingerprint density at radius 2 is 1.09 bits per heavy atom. The van der Waals surface area contributed by atoms with E-state index in [1.54, 1.807) is 19.9 Å². The summed E-state index contributed by atoms with van der Waals surface area (Å²) in [6.07, 6.45) is 25.8. The van der Waals surface area contributed by atoms with Gasteiger partial charge in [0.2, 0.25) is 0 Å². The quantitative estimate of drug-likeness (QED) is 0.135. The maximum atomic E-state index is 11.4. The van der Waals surface area contributed by atoms with Crippen molar-refractivity contribution >= 4 is 0 Å². The van der Waals surface area contributed by atoms with Gasteiger partial charge in [-0.2, -0.15) is 0 Å². The summed E-state index contributed by atoms with van der Waals surface area (Å²) < 4.78 is 0. The lowest BCUT2D eigenvalue weighted by Crippen LogP contribution is -2.65. The Labute approximate surface area is 272 Å². The Morgan fingerprint density at radius 3 is 1.60 bits per heavy atom. The maximum absolute atomic E-state index is 11.4. The van der Waals surface area contributed by atoms with E-state index < -0.39 is 34.4 Å². The van der Waals surface area contributed by atoms with E-state index >= 15 is 0 Å². The van der Waals surface area contributed by atoms with E-state index in [1.807, 2.05) is 128 Å². The van der Waals surface area contributed by atoms with Crippen LogP contribution in [0.2, 0.25) is 0 Å². The molecular formula is C40H58O5. The molecule has 248 valence electrons. The standard InChI is InChI=1S/C40H58O5/c1-29(17-13-19-31(3)21-22-35-36(5,6)25-33(41)27-38(35,9)43)15-11-12-16-30(2)18-14-20-32(4)23-24-40(45)37(7,8)26-34(42)28-39(40,10)44/h11-21,23-24,33-34,41-45H,25-28H2,1-10H3. The smallest absolute Gasteiger partial charge is 0.117 e. The Kier molecular flexibility index (Phi) is 13.0. The van der Waals surface area contributed by atoms with E-state index in [9.17, 15) is 25.5 Å². The van der Waals surface area contributed by atoms with Gasteiger partial charge in [-0.05, 0) is 77.5 Å². The van der Waals surface area contributed by atoms with Crippen LogP contribution in [0.5, 0.6) is 0 Å². The molecule has 0 bridgehead atoms. The van der Waals surface area contributed by atoms with Crippen molar-refractivity contribution in [2.75, 3.05) is 0 Å². The fourth-order valence-electron chi connectivity index (χ4n) is 6.74. The van der Waals surface area contributed by atoms with E-state index in [2.05, 4.69) is 5.73 Å². The first-order valence-corrected chi connectivity index (χ1v) is 16.0. The largest absolute Gasteiger partial charge is 0.393 e. The number of hydrogen-bond donors (Lipinski definition) is 5. The molecule has 2 saturated carbocycles. The minimum absolute atomic E-state index is 0.132. The fraction of sp³-hybridized carbons (Fsp3) is 0.525. The number of aliphatic hydroxyl groups excluding tert-OH is 2. The van der Waals surface area contributed by atoms with Crippen molar-refractivity contribution in [2.45, 2.75) is 124 Å². The second-order valence-electron chi connectivity index (χ2n) is 14.9. The summed E-state index contributed by atoms with van der Waals surface area (Å²) in [7, 11) is 0. The summed E-state index contributed by atoms with van der Waals surface area (Å²) >= 11 is 0. The van der Waals surface area contributed by atoms with Crippen molar-refractivity contribution < 1.29 is 25.5 Å². The summed E-state index contributed by atoms with van der Waals surface area (Å²) in [5, 5.41) is 53.4. The summed E-state index contributed by atoms with van der Waals surface area (Å²) in [6, 6.07) is 0. The second kappa shape index (κ2) is 15.2. The molecule has 5 N–H and O–H groups in total. The molecule has 0 radical (unpaired) electrons. The monoisotopic (exact) mass is 618 g/mol. The van der Waals surface area contributed by atoms with Crippen molar-refractivity contribution in [3.63, 3.8) is 0 Å². The molecule has 0 aromatic heterocycles. The highest BCUT2D eigenvalue weighted by molar-refractivity contribution is 5.34. The van der Waals surface area contributed by atoms with Crippen LogP contribution in [-0.2, 0) is 0 Å². The van der Waals surface area contributed by atoms with E-state index in [4.69, 9.17) is 0 Å². The van der Waals surface area contributed by atoms with Crippen molar-refractivity contribution in [1.82, 2.24) is 0 Å². The molecule has 0 heterocycles. The number of hydrogen-bond acceptors (Lipinski definition) is 5. The number of allylic oxidation sites excluding steroid dienone is 15. The average Bonchev–Trinajstić information content (AvgIpc) is 2.86. The lowest BCUT2D eigenvalue weighted by Gasteiger charge is -2.54. The van der Waals surface area contributed by atoms with Gasteiger partial charge in [-0.25, -0.2) is 0 Å². The summed E-state index contributed by atoms with van der Waals surface area (Å²) in [5.41, 5.74) is 3.34. The van der Waals surface area contributed by atoms with Gasteiger partial charge in [0.1, 0.15) is 5.60 Å². The molecule has 5 atom stereocenters. The molecule has 0 spiro atoms. The van der Waals surface area contributed by atoms with Crippen LogP contribution in [0.4, 0.5) is 0 Å². The minimum Gasteiger partial charge on any atom is -0.393 e. The predicted molar refractivity (Wildman–Crippen MR) is 187 cm³/mol. The lowest BCUT2D eigenvalue weighted by molar-refractivity contribution is -0.216. The topological polar surface area (TPSA) is 101 Å². The van der Waals surface area contributed by atoms with Crippen molar-refractivity contribution in [1.29, 1.82) is 0 Å². The molecule has 2 aliphatic carbocycles. The lowest BCUT2D eigenvalue weighted by atomic mass is 9.57. The van der Waals surface area contributed by atoms with Gasteiger partial charge in [-0.1, -0.05) is 111 Å². The third kappa shape index (κ3) is 10.6. The molecule has 2 rings (SSSR count). The summed E-state index contributed by atoms with van der Waals surface area (Å²) in [4.78, 5) is 0. The normalized spacial score (nSPS) is 33.5. The van der Waals surface area contributed by atoms with Crippen LogP contribution in [0.15, 0.2) is 113 Å². The van der Waals surface area contributed by atoms with E-state index in [0.717, 1.165) is 27.9 Å². The molecule has 5 nitrogen and oxygen atoms in total. The average molecular weight is 619 g/mol. The van der Waals surface area contributed by atoms with Gasteiger partial charge in [0, 0.05) is 23.8 Å². The van der Waals surface area contributed by atoms with E-state index in [-0.39, 0.29) is 11.8 Å². The predicted octanol–water partition coefficient (Wildman–Crippen LogP) is 7.67. The first-order valence-electron chi connectivity index (χ1n) is 16.0. The van der Waals surface area contributed by atoms with E-state index in [1.165, 1.54) is 0 Å². The number of aliphatic hydroxyl groups is 5. The Balaban J connectivity index is 1.99. The molecule has 2 aliphatic rings. The van der Waals surface area contributed by atoms with Gasteiger partial charge in [0.15, 0.2) is 0 Å². The first-order chi connectivity index (χ1) is 20.6. The minimum atomic E-state index is -1.45. The molecule has 5 unspecified atom stereocenters. The van der Waals surface area contributed by atoms with Gasteiger partial charge >= 0.3 is 0 Å². The van der Waals surface area contributed by atoms with Gasteiger partial charge < -0.3 is 25.5 Å². The van der Waals surface area contributed by atoms with Gasteiger partial charge in [-0.15, -0.1) is 5.73 Å². The molecule has 45 heavy (non-hydrogen) atoms. The van der Waals surface area contributed by atoms with E-state index in [0.29, 0.717) is 19.3 Å². The molecule has 2 fully saturated rings. The molecule has 0 aliphatic heterocycles. The summed E-state index contributed by atoms with van der Waals surface area (Å²) in [6.45, 7) is 19.2. The first kappa shape index (κ1) is 38.4. The van der Waals surface area contributed by atoms with Gasteiger partial charge in [-0.3, -0.25) is 0 Å². The molecule has 0 amide bonds. The van der Waals surface area contributed by atoms with Crippen molar-refractivity contribution in [3.8, 4) is 0 Å². The zero-order valence-corrected chi connectivity index (χ0v) is 29.2. The Bertz CT molecular complexity index is 1320. The van der Waals surface area contributed by atoms with Crippen LogP contribution in [0.1, 0.15) is 94.9 Å². The number of rotatable bonds is 9. The third-order valence-electron chi connectivity index (χ3n) is 9.12. The molecule has 0 aromatic rings. The fourth-order valence-corrected chi connectivity index (χ4v) is 6.74. The Morgan fingerprint density at radius 1 is 0.622 bits per heavy atom. The Hall–Kier alpha value is -2.76. The van der Waals surface area contributed by atoms with Gasteiger partial charge in [0.25, 0.3) is 0 Å². The zero-order chi connectivity index (χ0) is 34.3. The van der Waals surface area contributed by atoms with Crippen molar-refractivity contribution in [2.24, 2.45) is 10.8 Å². The van der Waals surface area contributed by atoms with Crippen LogP contribution in [-0.4, -0.2) is 54.5 Å². The molecule has 0 saturated heterocycles. The van der Waals surface area contributed by atoms with Crippen LogP contribution < -0.4 is 0 Å². The van der Waals surface area contributed by atoms with Gasteiger partial charge in [0.05, 0.1) is 23.4 Å². The van der Waals surface area contributed by atoms with Crippen LogP contribution >= 0.6 is 0 Å². The van der Waals surface area contributed by atoms with Crippen LogP contribution in [0, 0.1) is 10.8 Å². The third-order valence-corrected chi connectivity index (χ3v) is 9.12. The zero-order valence-electron chi connectivity index (χ0n) is 29.2.